The minimum atomic E-state index is -4.47. The van der Waals surface area contributed by atoms with E-state index >= 15 is 0 Å². The van der Waals surface area contributed by atoms with E-state index in [4.69, 9.17) is 10.5 Å². The molecule has 4 aromatic heterocycles. The molecule has 5 heterocycles. The number of amides is 1. The Balaban J connectivity index is 1.66. The van der Waals surface area contributed by atoms with Crippen LogP contribution in [0.3, 0.4) is 0 Å². The molecule has 1 saturated heterocycles. The van der Waals surface area contributed by atoms with Gasteiger partial charge in [-0.25, -0.2) is 14.5 Å². The molecule has 37 heavy (non-hydrogen) atoms. The van der Waals surface area contributed by atoms with Crippen LogP contribution < -0.4 is 10.6 Å². The summed E-state index contributed by atoms with van der Waals surface area (Å²) < 4.78 is 47.6. The Morgan fingerprint density at radius 2 is 1.97 bits per heavy atom. The fourth-order valence-corrected chi connectivity index (χ4v) is 4.35. The summed E-state index contributed by atoms with van der Waals surface area (Å²) in [5.41, 5.74) is 7.12. The number of aromatic nitrogens is 6. The molecule has 1 aliphatic heterocycles. The lowest BCUT2D eigenvalue weighted by molar-refractivity contribution is -0.146. The molecular weight excluding hydrogens is 489 g/mol. The van der Waals surface area contributed by atoms with E-state index in [2.05, 4.69) is 26.7 Å². The second-order valence-electron chi connectivity index (χ2n) is 9.04. The molecule has 192 valence electrons. The largest absolute Gasteiger partial charge is 0.408 e. The van der Waals surface area contributed by atoms with Crippen molar-refractivity contribution in [2.75, 3.05) is 17.2 Å². The molecule has 0 aromatic carbocycles. The Morgan fingerprint density at radius 3 is 2.70 bits per heavy atom. The molecule has 4 aromatic rings. The molecule has 0 unspecified atom stereocenters. The van der Waals surface area contributed by atoms with Gasteiger partial charge in [0.15, 0.2) is 5.82 Å². The third kappa shape index (κ3) is 4.31. The van der Waals surface area contributed by atoms with Crippen LogP contribution in [0.4, 0.5) is 24.8 Å². The molecule has 13 heteroatoms. The van der Waals surface area contributed by atoms with Gasteiger partial charge in [0.1, 0.15) is 29.8 Å². The maximum Gasteiger partial charge on any atom is 0.408 e. The van der Waals surface area contributed by atoms with E-state index in [1.54, 1.807) is 38.1 Å². The number of morpholine rings is 1. The van der Waals surface area contributed by atoms with Crippen LogP contribution in [0.2, 0.25) is 0 Å². The highest BCUT2D eigenvalue weighted by Gasteiger charge is 2.42. The summed E-state index contributed by atoms with van der Waals surface area (Å²) in [7, 11) is 0. The quantitative estimate of drug-likeness (QED) is 0.407. The number of fused-ring (bicyclic) bond motifs is 1. The number of nitrogens with zero attached hydrogens (tertiary/aromatic N) is 7. The topological polar surface area (TPSA) is 116 Å². The van der Waals surface area contributed by atoms with Crippen LogP contribution in [-0.2, 0) is 16.1 Å². The van der Waals surface area contributed by atoms with Crippen molar-refractivity contribution in [2.45, 2.75) is 38.2 Å². The van der Waals surface area contributed by atoms with Crippen molar-refractivity contribution in [1.82, 2.24) is 29.4 Å². The van der Waals surface area contributed by atoms with Gasteiger partial charge in [0.2, 0.25) is 0 Å². The number of alkyl halides is 3. The summed E-state index contributed by atoms with van der Waals surface area (Å²) >= 11 is 0. The zero-order valence-electron chi connectivity index (χ0n) is 20.0. The number of pyridine rings is 1. The van der Waals surface area contributed by atoms with Gasteiger partial charge >= 0.3 is 6.18 Å². The van der Waals surface area contributed by atoms with Crippen molar-refractivity contribution in [1.29, 1.82) is 0 Å². The normalized spacial score (nSPS) is 17.9. The smallest absolute Gasteiger partial charge is 0.382 e. The van der Waals surface area contributed by atoms with Crippen LogP contribution in [0.1, 0.15) is 13.8 Å². The molecule has 0 saturated carbocycles. The summed E-state index contributed by atoms with van der Waals surface area (Å²) in [5.74, 6) is 0.170. The van der Waals surface area contributed by atoms with Crippen molar-refractivity contribution < 1.29 is 22.7 Å². The molecule has 1 aliphatic rings. The van der Waals surface area contributed by atoms with E-state index in [-0.39, 0.29) is 24.0 Å². The molecule has 1 amide bonds. The first kappa shape index (κ1) is 24.4. The Hall–Kier alpha value is -4.26. The molecule has 2 N–H and O–H groups in total. The summed E-state index contributed by atoms with van der Waals surface area (Å²) in [6.45, 7) is 6.16. The number of ether oxygens (including phenoxy) is 1. The summed E-state index contributed by atoms with van der Waals surface area (Å²) in [6.07, 6.45) is 1.23. The van der Waals surface area contributed by atoms with Gasteiger partial charge in [0.25, 0.3) is 5.91 Å². The number of anilines is 2. The summed E-state index contributed by atoms with van der Waals surface area (Å²) in [6, 6.07) is 6.11. The third-order valence-corrected chi connectivity index (χ3v) is 6.14. The molecule has 0 spiro atoms. The van der Waals surface area contributed by atoms with E-state index in [0.717, 1.165) is 4.68 Å². The van der Waals surface area contributed by atoms with E-state index in [9.17, 15) is 18.0 Å². The lowest BCUT2D eigenvalue weighted by atomic mass is 10.0. The number of hydrogen-bond donors (Lipinski definition) is 1. The number of hydrogen-bond acceptors (Lipinski definition) is 7. The second kappa shape index (κ2) is 8.69. The zero-order chi connectivity index (χ0) is 26.5. The first-order valence-electron chi connectivity index (χ1n) is 11.3. The molecule has 10 nitrogen and oxygen atoms in total. The highest BCUT2D eigenvalue weighted by molar-refractivity contribution is 6.00. The molecule has 5 rings (SSSR count). The van der Waals surface area contributed by atoms with Crippen LogP contribution in [0.15, 0.2) is 55.6 Å². The molecule has 0 radical (unpaired) electrons. The van der Waals surface area contributed by atoms with Gasteiger partial charge in [-0.15, -0.1) is 6.58 Å². The zero-order valence-corrected chi connectivity index (χ0v) is 20.0. The van der Waals surface area contributed by atoms with Crippen molar-refractivity contribution in [3.8, 4) is 22.5 Å². The summed E-state index contributed by atoms with van der Waals surface area (Å²) in [5, 5.41) is 8.14. The number of rotatable bonds is 5. The molecule has 1 fully saturated rings. The molecule has 0 bridgehead atoms. The van der Waals surface area contributed by atoms with E-state index < -0.39 is 24.4 Å². The van der Waals surface area contributed by atoms with Crippen molar-refractivity contribution in [3.05, 3.63) is 55.6 Å². The van der Waals surface area contributed by atoms with Gasteiger partial charge < -0.3 is 10.5 Å². The predicted octanol–water partition coefficient (Wildman–Crippen LogP) is 3.50. The maximum atomic E-state index is 13.2. The fraction of sp³-hybridized carbons (Fsp3) is 0.292. The van der Waals surface area contributed by atoms with Crippen LogP contribution in [0.25, 0.3) is 28.0 Å². The van der Waals surface area contributed by atoms with E-state index in [1.165, 1.54) is 34.2 Å². The van der Waals surface area contributed by atoms with Crippen molar-refractivity contribution in [2.24, 2.45) is 0 Å². The first-order valence-corrected chi connectivity index (χ1v) is 11.3. The molecule has 1 atom stereocenters. The number of halogens is 3. The minimum Gasteiger partial charge on any atom is -0.382 e. The lowest BCUT2D eigenvalue weighted by Crippen LogP contribution is -2.58. The van der Waals surface area contributed by atoms with E-state index in [1.807, 2.05) is 0 Å². The highest BCUT2D eigenvalue weighted by atomic mass is 19.4. The summed E-state index contributed by atoms with van der Waals surface area (Å²) in [4.78, 5) is 23.2. The van der Waals surface area contributed by atoms with Gasteiger partial charge in [-0.3, -0.25) is 14.4 Å². The number of carbonyl (C=O) groups is 1. The Kier molecular flexibility index (Phi) is 5.74. The first-order chi connectivity index (χ1) is 17.5. The van der Waals surface area contributed by atoms with Gasteiger partial charge in [0, 0.05) is 23.5 Å². The molecular formula is C24H23F3N8O2. The Morgan fingerprint density at radius 1 is 1.19 bits per heavy atom. The van der Waals surface area contributed by atoms with Crippen LogP contribution in [0.5, 0.6) is 0 Å². The van der Waals surface area contributed by atoms with Gasteiger partial charge in [0.05, 0.1) is 24.0 Å². The Labute approximate surface area is 209 Å². The van der Waals surface area contributed by atoms with Crippen molar-refractivity contribution >= 4 is 23.1 Å². The lowest BCUT2D eigenvalue weighted by Gasteiger charge is -2.41. The van der Waals surface area contributed by atoms with Gasteiger partial charge in [-0.1, -0.05) is 6.08 Å². The third-order valence-electron chi connectivity index (χ3n) is 6.14. The minimum absolute atomic E-state index is 0.0853. The fourth-order valence-electron chi connectivity index (χ4n) is 4.35. The highest BCUT2D eigenvalue weighted by Crippen LogP contribution is 2.37. The number of nitrogens with two attached hydrogens (primary N) is 1. The van der Waals surface area contributed by atoms with Crippen molar-refractivity contribution in [3.63, 3.8) is 0 Å². The second-order valence-corrected chi connectivity index (χ2v) is 9.04. The number of carbonyl (C=O) groups excluding carboxylic acids is 1. The van der Waals surface area contributed by atoms with Crippen LogP contribution >= 0.6 is 0 Å². The average Bonchev–Trinajstić information content (AvgIpc) is 3.44. The van der Waals surface area contributed by atoms with Gasteiger partial charge in [-0.05, 0) is 38.1 Å². The van der Waals surface area contributed by atoms with Crippen LogP contribution in [0, 0.1) is 0 Å². The maximum absolute atomic E-state index is 13.2. The van der Waals surface area contributed by atoms with Crippen LogP contribution in [-0.4, -0.2) is 59.7 Å². The molecule has 0 aliphatic carbocycles. The predicted molar refractivity (Wildman–Crippen MR) is 129 cm³/mol. The standard InChI is InChI=1S/C24H23F3N8O2/c1-4-15-11-37-23(2,3)22(36)34(15)19-9-14(5-7-29-19)18-10-16(20-21(28)30-13-32-35(18)20)17-6-8-31-33(17)12-24(25,26)27/h4-10,13,15H,1,11-12H2,2-3H3,(H2,28,30,32)/t15-/m0/s1. The average molecular weight is 512 g/mol. The van der Waals surface area contributed by atoms with E-state index in [0.29, 0.717) is 28.2 Å². The van der Waals surface area contributed by atoms with Gasteiger partial charge in [-0.2, -0.15) is 23.4 Å². The Bertz CT molecular complexity index is 1510. The SMILES string of the molecule is C=C[C@H]1COC(C)(C)C(=O)N1c1cc(-c2cc(-c3ccnn3CC(F)(F)F)c3c(N)ncnn23)ccn1. The number of nitrogen functional groups attached to an aromatic ring is 1. The monoisotopic (exact) mass is 512 g/mol.